The molecule has 5 heteroatoms. The highest BCUT2D eigenvalue weighted by Crippen LogP contribution is 2.17. The number of anilines is 1. The van der Waals surface area contributed by atoms with Gasteiger partial charge >= 0.3 is 5.97 Å². The van der Waals surface area contributed by atoms with E-state index in [2.05, 4.69) is 5.32 Å². The topological polar surface area (TPSA) is 64.6 Å². The molecule has 0 saturated carbocycles. The van der Waals surface area contributed by atoms with Gasteiger partial charge in [0.1, 0.15) is 5.75 Å². The van der Waals surface area contributed by atoms with Crippen molar-refractivity contribution in [2.75, 3.05) is 12.4 Å². The van der Waals surface area contributed by atoms with E-state index >= 15 is 0 Å². The van der Waals surface area contributed by atoms with Crippen LogP contribution in [0.4, 0.5) is 5.69 Å². The normalized spacial score (nSPS) is 11.5. The quantitative estimate of drug-likeness (QED) is 0.854. The van der Waals surface area contributed by atoms with E-state index in [1.165, 1.54) is 14.0 Å². The summed E-state index contributed by atoms with van der Waals surface area (Å²) in [6, 6.07) is 12.3. The first-order valence-corrected chi connectivity index (χ1v) is 7.64. The number of methoxy groups -OCH3 is 1. The molecule has 0 aliphatic rings. The summed E-state index contributed by atoms with van der Waals surface area (Å²) in [4.78, 5) is 24.4. The molecule has 2 aromatic carbocycles. The number of nitrogens with one attached hydrogen (secondary N) is 1. The van der Waals surface area contributed by atoms with Crippen LogP contribution >= 0.6 is 0 Å². The summed E-state index contributed by atoms with van der Waals surface area (Å²) >= 11 is 0. The summed E-state index contributed by atoms with van der Waals surface area (Å²) < 4.78 is 10.3. The Hall–Kier alpha value is -2.82. The van der Waals surface area contributed by atoms with Gasteiger partial charge in [0.2, 0.25) is 0 Å². The summed E-state index contributed by atoms with van der Waals surface area (Å²) in [5.41, 5.74) is 3.10. The van der Waals surface area contributed by atoms with E-state index in [4.69, 9.17) is 9.47 Å². The highest BCUT2D eigenvalue weighted by Gasteiger charge is 2.19. The largest absolute Gasteiger partial charge is 0.497 e. The van der Waals surface area contributed by atoms with Crippen molar-refractivity contribution >= 4 is 17.6 Å². The van der Waals surface area contributed by atoms with Crippen LogP contribution in [0.15, 0.2) is 42.5 Å². The molecule has 1 N–H and O–H groups in total. The summed E-state index contributed by atoms with van der Waals surface area (Å²) in [7, 11) is 1.52. The van der Waals surface area contributed by atoms with Crippen LogP contribution in [0, 0.1) is 13.8 Å². The van der Waals surface area contributed by atoms with Gasteiger partial charge < -0.3 is 14.8 Å². The maximum Gasteiger partial charge on any atom is 0.339 e. The number of amides is 1. The van der Waals surface area contributed by atoms with Gasteiger partial charge in [-0.3, -0.25) is 4.79 Å². The van der Waals surface area contributed by atoms with Gasteiger partial charge in [0.25, 0.3) is 5.91 Å². The van der Waals surface area contributed by atoms with Gasteiger partial charge in [0.05, 0.1) is 12.7 Å². The fraction of sp³-hybridized carbons (Fsp3) is 0.263. The predicted octanol–water partition coefficient (Wildman–Crippen LogP) is 3.50. The second-order valence-corrected chi connectivity index (χ2v) is 5.59. The molecule has 1 amide bonds. The molecule has 0 saturated heterocycles. The second kappa shape index (κ2) is 7.64. The van der Waals surface area contributed by atoms with Crippen LogP contribution in [-0.2, 0) is 9.53 Å². The molecule has 0 radical (unpaired) electrons. The minimum Gasteiger partial charge on any atom is -0.497 e. The number of aryl methyl sites for hydroxylation is 2. The van der Waals surface area contributed by atoms with Crippen molar-refractivity contribution in [1.82, 2.24) is 0 Å². The molecular formula is C19H21NO4. The number of ether oxygens (including phenoxy) is 2. The van der Waals surface area contributed by atoms with Crippen LogP contribution in [0.3, 0.4) is 0 Å². The Morgan fingerprint density at radius 3 is 2.50 bits per heavy atom. The molecule has 2 rings (SSSR count). The van der Waals surface area contributed by atoms with Gasteiger partial charge in [0.15, 0.2) is 6.10 Å². The monoisotopic (exact) mass is 327 g/mol. The molecule has 126 valence electrons. The summed E-state index contributed by atoms with van der Waals surface area (Å²) in [5.74, 6) is -0.396. The maximum atomic E-state index is 12.2. The van der Waals surface area contributed by atoms with Crippen molar-refractivity contribution in [2.24, 2.45) is 0 Å². The first kappa shape index (κ1) is 17.5. The molecule has 2 aromatic rings. The molecule has 0 aliphatic heterocycles. The Balaban J connectivity index is 2.01. The number of hydrogen-bond acceptors (Lipinski definition) is 4. The van der Waals surface area contributed by atoms with E-state index in [9.17, 15) is 9.59 Å². The van der Waals surface area contributed by atoms with E-state index in [0.717, 1.165) is 11.1 Å². The fourth-order valence-electron chi connectivity index (χ4n) is 2.22. The summed E-state index contributed by atoms with van der Waals surface area (Å²) in [6.45, 7) is 5.43. The second-order valence-electron chi connectivity index (χ2n) is 5.59. The average molecular weight is 327 g/mol. The molecular weight excluding hydrogens is 306 g/mol. The van der Waals surface area contributed by atoms with Crippen LogP contribution in [0.1, 0.15) is 28.4 Å². The first-order chi connectivity index (χ1) is 11.4. The van der Waals surface area contributed by atoms with E-state index in [-0.39, 0.29) is 5.91 Å². The van der Waals surface area contributed by atoms with Gasteiger partial charge in [-0.1, -0.05) is 23.8 Å². The minimum atomic E-state index is -0.913. The molecule has 0 fully saturated rings. The van der Waals surface area contributed by atoms with Crippen LogP contribution in [0.25, 0.3) is 0 Å². The van der Waals surface area contributed by atoms with Crippen LogP contribution in [-0.4, -0.2) is 25.1 Å². The third kappa shape index (κ3) is 4.35. The Labute approximate surface area is 141 Å². The molecule has 0 bridgehead atoms. The smallest absolute Gasteiger partial charge is 0.339 e. The molecule has 0 aromatic heterocycles. The molecule has 0 aliphatic carbocycles. The van der Waals surface area contributed by atoms with E-state index in [0.29, 0.717) is 17.0 Å². The van der Waals surface area contributed by atoms with E-state index < -0.39 is 12.1 Å². The number of rotatable bonds is 5. The van der Waals surface area contributed by atoms with Crippen molar-refractivity contribution in [1.29, 1.82) is 0 Å². The van der Waals surface area contributed by atoms with Crippen molar-refractivity contribution < 1.29 is 19.1 Å². The minimum absolute atomic E-state index is 0.334. The third-order valence-electron chi connectivity index (χ3n) is 3.60. The zero-order chi connectivity index (χ0) is 17.7. The number of hydrogen-bond donors (Lipinski definition) is 1. The Morgan fingerprint density at radius 2 is 1.83 bits per heavy atom. The SMILES string of the molecule is COc1cccc(C(=O)OC(C)C(=O)Nc2ccc(C)cc2C)c1. The summed E-state index contributed by atoms with van der Waals surface area (Å²) in [6.07, 6.45) is -0.913. The highest BCUT2D eigenvalue weighted by molar-refractivity contribution is 5.97. The van der Waals surface area contributed by atoms with Crippen molar-refractivity contribution in [3.8, 4) is 5.75 Å². The van der Waals surface area contributed by atoms with Gasteiger partial charge in [-0.2, -0.15) is 0 Å². The standard InChI is InChI=1S/C19H21NO4/c1-12-8-9-17(13(2)10-12)20-18(21)14(3)24-19(22)15-6-5-7-16(11-15)23-4/h5-11,14H,1-4H3,(H,20,21). The van der Waals surface area contributed by atoms with Crippen LogP contribution < -0.4 is 10.1 Å². The maximum absolute atomic E-state index is 12.2. The van der Waals surface area contributed by atoms with Crippen molar-refractivity contribution in [3.05, 3.63) is 59.2 Å². The molecule has 0 heterocycles. The Bertz CT molecular complexity index is 755. The lowest BCUT2D eigenvalue weighted by molar-refractivity contribution is -0.123. The molecule has 0 spiro atoms. The number of carbonyl (C=O) groups is 2. The Kier molecular flexibility index (Phi) is 5.58. The lowest BCUT2D eigenvalue weighted by Gasteiger charge is -2.15. The predicted molar refractivity (Wildman–Crippen MR) is 92.4 cm³/mol. The lowest BCUT2D eigenvalue weighted by atomic mass is 10.1. The number of carbonyl (C=O) groups excluding carboxylic acids is 2. The zero-order valence-corrected chi connectivity index (χ0v) is 14.3. The van der Waals surface area contributed by atoms with Gasteiger partial charge in [-0.25, -0.2) is 4.79 Å². The van der Waals surface area contributed by atoms with E-state index in [1.807, 2.05) is 32.0 Å². The molecule has 1 atom stereocenters. The van der Waals surface area contributed by atoms with Crippen molar-refractivity contribution in [2.45, 2.75) is 26.9 Å². The van der Waals surface area contributed by atoms with Crippen molar-refractivity contribution in [3.63, 3.8) is 0 Å². The number of benzene rings is 2. The lowest BCUT2D eigenvalue weighted by Crippen LogP contribution is -2.30. The summed E-state index contributed by atoms with van der Waals surface area (Å²) in [5, 5.41) is 2.78. The molecule has 1 unspecified atom stereocenters. The number of esters is 1. The van der Waals surface area contributed by atoms with Gasteiger partial charge in [0, 0.05) is 5.69 Å². The third-order valence-corrected chi connectivity index (χ3v) is 3.60. The average Bonchev–Trinajstić information content (AvgIpc) is 2.57. The van der Waals surface area contributed by atoms with Gasteiger partial charge in [-0.05, 0) is 50.6 Å². The highest BCUT2D eigenvalue weighted by atomic mass is 16.5. The fourth-order valence-corrected chi connectivity index (χ4v) is 2.22. The van der Waals surface area contributed by atoms with Crippen LogP contribution in [0.5, 0.6) is 5.75 Å². The molecule has 5 nitrogen and oxygen atoms in total. The Morgan fingerprint density at radius 1 is 1.08 bits per heavy atom. The van der Waals surface area contributed by atoms with E-state index in [1.54, 1.807) is 24.3 Å². The molecule has 24 heavy (non-hydrogen) atoms. The van der Waals surface area contributed by atoms with Gasteiger partial charge in [-0.15, -0.1) is 0 Å². The van der Waals surface area contributed by atoms with Crippen LogP contribution in [0.2, 0.25) is 0 Å². The zero-order valence-electron chi connectivity index (χ0n) is 14.3. The first-order valence-electron chi connectivity index (χ1n) is 7.64.